The lowest BCUT2D eigenvalue weighted by Gasteiger charge is -2.23. The molecule has 2 aliphatic rings. The predicted octanol–water partition coefficient (Wildman–Crippen LogP) is 5.10. The van der Waals surface area contributed by atoms with Crippen LogP contribution in [0.1, 0.15) is 11.1 Å². The summed E-state index contributed by atoms with van der Waals surface area (Å²) >= 11 is 0. The molecule has 0 saturated heterocycles. The third-order valence-corrected chi connectivity index (χ3v) is 5.12. The van der Waals surface area contributed by atoms with Gasteiger partial charge in [-0.05, 0) is 65.3 Å². The Morgan fingerprint density at radius 2 is 1.34 bits per heavy atom. The van der Waals surface area contributed by atoms with Crippen LogP contribution in [0.15, 0.2) is 107 Å². The van der Waals surface area contributed by atoms with E-state index in [4.69, 9.17) is 16.6 Å². The molecular weight excluding hydrogens is 356 g/mol. The van der Waals surface area contributed by atoms with Crippen LogP contribution in [0.25, 0.3) is 11.6 Å². The predicted molar refractivity (Wildman–Crippen MR) is 122 cm³/mol. The molecule has 0 heterocycles. The van der Waals surface area contributed by atoms with Crippen LogP contribution >= 0.6 is 0 Å². The molecule has 0 bridgehead atoms. The van der Waals surface area contributed by atoms with E-state index in [2.05, 4.69) is 18.2 Å². The zero-order valence-corrected chi connectivity index (χ0v) is 15.8. The largest absolute Gasteiger partial charge is 0.399 e. The van der Waals surface area contributed by atoms with Gasteiger partial charge in [0.25, 0.3) is 0 Å². The van der Waals surface area contributed by atoms with E-state index in [-0.39, 0.29) is 0 Å². The van der Waals surface area contributed by atoms with E-state index in [0.717, 1.165) is 45.0 Å². The Balaban J connectivity index is 1.66. The van der Waals surface area contributed by atoms with E-state index < -0.39 is 0 Å². The highest BCUT2D eigenvalue weighted by atomic mass is 15.5. The van der Waals surface area contributed by atoms with Crippen LogP contribution < -0.4 is 16.5 Å². The quantitative estimate of drug-likeness (QED) is 0.494. The third kappa shape index (κ3) is 3.01. The van der Waals surface area contributed by atoms with Crippen LogP contribution in [-0.4, -0.2) is 5.71 Å². The molecule has 0 spiro atoms. The number of hydrogen-bond donors (Lipinski definition) is 2. The van der Waals surface area contributed by atoms with Crippen molar-refractivity contribution in [3.05, 3.63) is 113 Å². The maximum atomic E-state index is 6.40. The van der Waals surface area contributed by atoms with Crippen LogP contribution in [0.4, 0.5) is 17.1 Å². The van der Waals surface area contributed by atoms with Crippen molar-refractivity contribution in [2.24, 2.45) is 10.8 Å². The van der Waals surface area contributed by atoms with Crippen molar-refractivity contribution in [1.82, 2.24) is 0 Å². The fourth-order valence-electron chi connectivity index (χ4n) is 3.72. The number of rotatable bonds is 3. The number of nitrogens with zero attached hydrogens (tertiary/aromatic N) is 2. The van der Waals surface area contributed by atoms with Gasteiger partial charge in [-0.2, -0.15) is 5.10 Å². The summed E-state index contributed by atoms with van der Waals surface area (Å²) in [5.74, 6) is 0. The Kier molecular flexibility index (Phi) is 4.03. The molecule has 0 fully saturated rings. The van der Waals surface area contributed by atoms with E-state index in [0.29, 0.717) is 5.70 Å². The van der Waals surface area contributed by atoms with E-state index in [1.54, 1.807) is 0 Å². The van der Waals surface area contributed by atoms with E-state index >= 15 is 0 Å². The summed E-state index contributed by atoms with van der Waals surface area (Å²) in [5.41, 5.74) is 20.8. The number of nitrogen functional groups attached to an aromatic ring is 1. The average Bonchev–Trinajstić information content (AvgIpc) is 3.12. The summed E-state index contributed by atoms with van der Waals surface area (Å²) in [5, 5.41) is 6.95. The molecule has 0 aliphatic heterocycles. The molecule has 3 aromatic carbocycles. The number of allylic oxidation sites excluding steroid dienone is 4. The Morgan fingerprint density at radius 1 is 0.690 bits per heavy atom. The van der Waals surface area contributed by atoms with Crippen LogP contribution in [0.3, 0.4) is 0 Å². The third-order valence-electron chi connectivity index (χ3n) is 5.12. The number of hydrogen-bond acceptors (Lipinski definition) is 4. The highest BCUT2D eigenvalue weighted by Gasteiger charge is 2.27. The van der Waals surface area contributed by atoms with Crippen LogP contribution in [0.2, 0.25) is 0 Å². The standard InChI is InChI=1S/C25H20N4/c26-18-11-12-21-17(15-18)16-23-22(21)13-14-24(27)25(23)28-29(19-7-3-1-4-8-19)20-9-5-2-6-10-20/h1-16H,26-27H2. The van der Waals surface area contributed by atoms with Gasteiger partial charge in [0.2, 0.25) is 0 Å². The van der Waals surface area contributed by atoms with Gasteiger partial charge in [-0.25, -0.2) is 5.01 Å². The molecule has 0 unspecified atom stereocenters. The fourth-order valence-corrected chi connectivity index (χ4v) is 3.72. The van der Waals surface area contributed by atoms with Gasteiger partial charge in [0, 0.05) is 11.3 Å². The highest BCUT2D eigenvalue weighted by Crippen LogP contribution is 2.40. The second kappa shape index (κ2) is 6.84. The maximum Gasteiger partial charge on any atom is 0.115 e. The molecule has 29 heavy (non-hydrogen) atoms. The van der Waals surface area contributed by atoms with Gasteiger partial charge in [0.1, 0.15) is 5.71 Å². The van der Waals surface area contributed by atoms with Crippen molar-refractivity contribution in [3.63, 3.8) is 0 Å². The minimum absolute atomic E-state index is 0.637. The molecule has 0 radical (unpaired) electrons. The second-order valence-corrected chi connectivity index (χ2v) is 7.04. The number of hydrazone groups is 1. The Hall–Kier alpha value is -4.05. The highest BCUT2D eigenvalue weighted by molar-refractivity contribution is 6.28. The zero-order chi connectivity index (χ0) is 19.8. The summed E-state index contributed by atoms with van der Waals surface area (Å²) in [6.07, 6.45) is 6.09. The van der Waals surface area contributed by atoms with Gasteiger partial charge >= 0.3 is 0 Å². The Labute approximate surface area is 169 Å². The average molecular weight is 376 g/mol. The molecule has 0 aromatic heterocycles. The minimum Gasteiger partial charge on any atom is -0.399 e. The van der Waals surface area contributed by atoms with E-state index in [1.807, 2.05) is 83.9 Å². The maximum absolute atomic E-state index is 6.40. The molecule has 0 atom stereocenters. The van der Waals surface area contributed by atoms with Gasteiger partial charge < -0.3 is 11.5 Å². The second-order valence-electron chi connectivity index (χ2n) is 7.04. The van der Waals surface area contributed by atoms with Crippen molar-refractivity contribution in [2.45, 2.75) is 0 Å². The number of fused-ring (bicyclic) bond motifs is 3. The Morgan fingerprint density at radius 3 is 2.00 bits per heavy atom. The Bertz CT molecular complexity index is 1160. The van der Waals surface area contributed by atoms with E-state index in [1.165, 1.54) is 0 Å². The van der Waals surface area contributed by atoms with Crippen molar-refractivity contribution < 1.29 is 0 Å². The molecule has 5 rings (SSSR count). The molecule has 2 aliphatic carbocycles. The summed E-state index contributed by atoms with van der Waals surface area (Å²) < 4.78 is 0. The zero-order valence-electron chi connectivity index (χ0n) is 15.8. The number of nitrogens with two attached hydrogens (primary N) is 2. The summed E-state index contributed by atoms with van der Waals surface area (Å²) in [6.45, 7) is 0. The molecule has 0 saturated carbocycles. The van der Waals surface area contributed by atoms with Gasteiger partial charge in [0.05, 0.1) is 17.1 Å². The first-order chi connectivity index (χ1) is 14.2. The van der Waals surface area contributed by atoms with Gasteiger partial charge in [-0.15, -0.1) is 0 Å². The lowest BCUT2D eigenvalue weighted by Crippen LogP contribution is -2.21. The normalized spacial score (nSPS) is 15.9. The summed E-state index contributed by atoms with van der Waals surface area (Å²) in [6, 6.07) is 26.1. The first-order valence-corrected chi connectivity index (χ1v) is 9.50. The van der Waals surface area contributed by atoms with E-state index in [9.17, 15) is 0 Å². The monoisotopic (exact) mass is 376 g/mol. The number of anilines is 3. The number of para-hydroxylation sites is 2. The first kappa shape index (κ1) is 17.1. The van der Waals surface area contributed by atoms with Crippen LogP contribution in [-0.2, 0) is 0 Å². The smallest absolute Gasteiger partial charge is 0.115 e. The van der Waals surface area contributed by atoms with Crippen molar-refractivity contribution >= 4 is 34.4 Å². The van der Waals surface area contributed by atoms with Crippen molar-refractivity contribution in [2.75, 3.05) is 10.7 Å². The first-order valence-electron chi connectivity index (χ1n) is 9.50. The van der Waals surface area contributed by atoms with Crippen LogP contribution in [0, 0.1) is 0 Å². The van der Waals surface area contributed by atoms with Gasteiger partial charge in [-0.3, -0.25) is 0 Å². The topological polar surface area (TPSA) is 67.6 Å². The number of benzene rings is 3. The molecule has 4 heteroatoms. The molecule has 140 valence electrons. The summed E-state index contributed by atoms with van der Waals surface area (Å²) in [7, 11) is 0. The lowest BCUT2D eigenvalue weighted by atomic mass is 9.94. The molecule has 4 N–H and O–H groups in total. The molecule has 3 aromatic rings. The van der Waals surface area contributed by atoms with Crippen molar-refractivity contribution in [1.29, 1.82) is 0 Å². The lowest BCUT2D eigenvalue weighted by molar-refractivity contribution is 1.08. The minimum atomic E-state index is 0.637. The fraction of sp³-hybridized carbons (Fsp3) is 0. The summed E-state index contributed by atoms with van der Waals surface area (Å²) in [4.78, 5) is 0. The van der Waals surface area contributed by atoms with Gasteiger partial charge in [-0.1, -0.05) is 48.5 Å². The molecular formula is C25H20N4. The SMILES string of the molecule is NC1=CC=C2C(=Cc3cc(N)ccc32)C1=NN(c1ccccc1)c1ccccc1. The molecule has 0 amide bonds. The van der Waals surface area contributed by atoms with Crippen LogP contribution in [0.5, 0.6) is 0 Å². The molecule has 4 nitrogen and oxygen atoms in total. The van der Waals surface area contributed by atoms with Gasteiger partial charge in [0.15, 0.2) is 0 Å². The van der Waals surface area contributed by atoms with Crippen molar-refractivity contribution in [3.8, 4) is 0 Å².